The molecule has 0 bridgehead atoms. The van der Waals surface area contributed by atoms with Crippen LogP contribution >= 0.6 is 11.3 Å². The number of thiazole rings is 1. The highest BCUT2D eigenvalue weighted by atomic mass is 32.1. The molecule has 3 rings (SSSR count). The van der Waals surface area contributed by atoms with Gasteiger partial charge in [0.15, 0.2) is 16.8 Å². The highest BCUT2D eigenvalue weighted by molar-refractivity contribution is 7.22. The van der Waals surface area contributed by atoms with E-state index in [1.54, 1.807) is 6.07 Å². The fourth-order valence-electron chi connectivity index (χ4n) is 2.20. The second kappa shape index (κ2) is 6.83. The van der Waals surface area contributed by atoms with E-state index in [-0.39, 0.29) is 20.9 Å². The van der Waals surface area contributed by atoms with E-state index in [1.807, 2.05) is 0 Å². The van der Waals surface area contributed by atoms with Gasteiger partial charge in [0.2, 0.25) is 0 Å². The topological polar surface area (TPSA) is 42.0 Å². The molecule has 3 aromatic rings. The van der Waals surface area contributed by atoms with E-state index in [9.17, 15) is 26.7 Å². The van der Waals surface area contributed by atoms with Crippen LogP contribution in [0.3, 0.4) is 0 Å². The predicted octanol–water partition coefficient (Wildman–Crippen LogP) is 5.16. The third kappa shape index (κ3) is 3.88. The Morgan fingerprint density at radius 1 is 1.08 bits per heavy atom. The summed E-state index contributed by atoms with van der Waals surface area (Å²) in [5.41, 5.74) is -1.19. The monoisotopic (exact) mass is 384 g/mol. The molecule has 134 valence electrons. The SMILES string of the molecule is O=C(/C=C(/c1ccccc1)C(F)(F)F)Nc1nc2cc(F)c(F)cc2s1. The Bertz CT molecular complexity index is 957. The fraction of sp³-hybridized carbons (Fsp3) is 0.0588. The number of carbonyl (C=O) groups excluding carboxylic acids is 1. The lowest BCUT2D eigenvalue weighted by Crippen LogP contribution is -2.15. The number of nitrogens with one attached hydrogen (secondary N) is 1. The van der Waals surface area contributed by atoms with Gasteiger partial charge >= 0.3 is 6.18 Å². The maximum atomic E-state index is 13.2. The molecule has 0 aliphatic carbocycles. The summed E-state index contributed by atoms with van der Waals surface area (Å²) < 4.78 is 66.3. The van der Waals surface area contributed by atoms with Crippen molar-refractivity contribution in [1.82, 2.24) is 4.98 Å². The van der Waals surface area contributed by atoms with E-state index in [0.29, 0.717) is 6.08 Å². The highest BCUT2D eigenvalue weighted by Crippen LogP contribution is 2.34. The quantitative estimate of drug-likeness (QED) is 0.501. The fourth-order valence-corrected chi connectivity index (χ4v) is 3.07. The average Bonchev–Trinajstić information content (AvgIpc) is 2.93. The van der Waals surface area contributed by atoms with Gasteiger partial charge < -0.3 is 0 Å². The third-order valence-corrected chi connectivity index (χ3v) is 4.26. The van der Waals surface area contributed by atoms with Gasteiger partial charge in [-0.3, -0.25) is 10.1 Å². The second-order valence-corrected chi connectivity index (χ2v) is 6.19. The van der Waals surface area contributed by atoms with Crippen molar-refractivity contribution in [3.63, 3.8) is 0 Å². The molecule has 1 aromatic heterocycles. The number of hydrogen-bond donors (Lipinski definition) is 1. The first-order valence-corrected chi connectivity index (χ1v) is 7.96. The Balaban J connectivity index is 1.89. The summed E-state index contributed by atoms with van der Waals surface area (Å²) in [5, 5.41) is 2.12. The lowest BCUT2D eigenvalue weighted by Gasteiger charge is -2.11. The zero-order chi connectivity index (χ0) is 18.9. The Labute approximate surface area is 147 Å². The van der Waals surface area contributed by atoms with Gasteiger partial charge in [0.25, 0.3) is 5.91 Å². The van der Waals surface area contributed by atoms with Crippen LogP contribution in [0.1, 0.15) is 5.56 Å². The molecule has 3 nitrogen and oxygen atoms in total. The van der Waals surface area contributed by atoms with Gasteiger partial charge in [0.1, 0.15) is 0 Å². The van der Waals surface area contributed by atoms with Crippen molar-refractivity contribution >= 4 is 38.2 Å². The van der Waals surface area contributed by atoms with Crippen LogP contribution in [-0.4, -0.2) is 17.1 Å². The molecule has 0 aliphatic rings. The maximum Gasteiger partial charge on any atom is 0.417 e. The van der Waals surface area contributed by atoms with Gasteiger partial charge in [-0.2, -0.15) is 13.2 Å². The highest BCUT2D eigenvalue weighted by Gasteiger charge is 2.35. The minimum Gasteiger partial charge on any atom is -0.298 e. The number of hydrogen-bond acceptors (Lipinski definition) is 3. The molecule has 0 atom stereocenters. The van der Waals surface area contributed by atoms with Crippen molar-refractivity contribution in [2.45, 2.75) is 6.18 Å². The summed E-state index contributed by atoms with van der Waals surface area (Å²) in [6, 6.07) is 8.60. The molecule has 0 aliphatic heterocycles. The van der Waals surface area contributed by atoms with Crippen LogP contribution in [0.4, 0.5) is 27.1 Å². The number of benzene rings is 2. The van der Waals surface area contributed by atoms with E-state index in [0.717, 1.165) is 23.5 Å². The van der Waals surface area contributed by atoms with Crippen LogP contribution in [0.2, 0.25) is 0 Å². The first kappa shape index (κ1) is 18.0. The number of allylic oxidation sites excluding steroid dienone is 1. The summed E-state index contributed by atoms with van der Waals surface area (Å²) in [6.07, 6.45) is -4.32. The van der Waals surface area contributed by atoms with Crippen molar-refractivity contribution in [1.29, 1.82) is 0 Å². The molecule has 0 fully saturated rings. The molecule has 0 spiro atoms. The van der Waals surface area contributed by atoms with E-state index in [1.165, 1.54) is 24.3 Å². The van der Waals surface area contributed by atoms with E-state index >= 15 is 0 Å². The second-order valence-electron chi connectivity index (χ2n) is 5.16. The van der Waals surface area contributed by atoms with Crippen molar-refractivity contribution in [3.8, 4) is 0 Å². The first-order valence-electron chi connectivity index (χ1n) is 7.15. The molecular weight excluding hydrogens is 375 g/mol. The summed E-state index contributed by atoms with van der Waals surface area (Å²) in [4.78, 5) is 15.9. The molecule has 1 amide bonds. The number of aromatic nitrogens is 1. The molecule has 0 saturated carbocycles. The van der Waals surface area contributed by atoms with Crippen molar-refractivity contribution in [3.05, 3.63) is 65.7 Å². The van der Waals surface area contributed by atoms with Crippen LogP contribution in [0, 0.1) is 11.6 Å². The molecular formula is C17H9F5N2OS. The number of fused-ring (bicyclic) bond motifs is 1. The lowest BCUT2D eigenvalue weighted by atomic mass is 10.1. The van der Waals surface area contributed by atoms with Crippen LogP contribution < -0.4 is 5.32 Å². The number of amides is 1. The molecule has 1 N–H and O–H groups in total. The zero-order valence-corrected chi connectivity index (χ0v) is 13.6. The van der Waals surface area contributed by atoms with Crippen LogP contribution in [0.15, 0.2) is 48.5 Å². The van der Waals surface area contributed by atoms with Crippen LogP contribution in [-0.2, 0) is 4.79 Å². The van der Waals surface area contributed by atoms with Crippen LogP contribution in [0.25, 0.3) is 15.8 Å². The lowest BCUT2D eigenvalue weighted by molar-refractivity contribution is -0.112. The molecule has 26 heavy (non-hydrogen) atoms. The Morgan fingerprint density at radius 3 is 2.38 bits per heavy atom. The minimum atomic E-state index is -4.74. The van der Waals surface area contributed by atoms with Gasteiger partial charge in [-0.05, 0) is 11.6 Å². The molecule has 2 aromatic carbocycles. The smallest absolute Gasteiger partial charge is 0.298 e. The summed E-state index contributed by atoms with van der Waals surface area (Å²) in [6.45, 7) is 0. The maximum absolute atomic E-state index is 13.2. The number of carbonyl (C=O) groups is 1. The minimum absolute atomic E-state index is 0.0687. The summed E-state index contributed by atoms with van der Waals surface area (Å²) >= 11 is 0.819. The van der Waals surface area contributed by atoms with Gasteiger partial charge in [0, 0.05) is 12.1 Å². The van der Waals surface area contributed by atoms with Gasteiger partial charge in [-0.1, -0.05) is 41.7 Å². The number of nitrogens with zero attached hydrogens (tertiary/aromatic N) is 1. The molecule has 1 heterocycles. The van der Waals surface area contributed by atoms with Crippen molar-refractivity contribution < 1.29 is 26.7 Å². The normalized spacial score (nSPS) is 12.4. The first-order chi connectivity index (χ1) is 12.2. The van der Waals surface area contributed by atoms with Gasteiger partial charge in [0.05, 0.1) is 15.8 Å². The van der Waals surface area contributed by atoms with E-state index in [4.69, 9.17) is 0 Å². The van der Waals surface area contributed by atoms with Gasteiger partial charge in [-0.25, -0.2) is 13.8 Å². The van der Waals surface area contributed by atoms with E-state index in [2.05, 4.69) is 10.3 Å². The van der Waals surface area contributed by atoms with Crippen LogP contribution in [0.5, 0.6) is 0 Å². The predicted molar refractivity (Wildman–Crippen MR) is 88.6 cm³/mol. The number of alkyl halides is 3. The standard InChI is InChI=1S/C17H9F5N2OS/c18-11-7-13-14(8-12(11)19)26-16(23-13)24-15(25)6-10(17(20,21)22)9-4-2-1-3-5-9/h1-8H,(H,23,24,25)/b10-6-. The Morgan fingerprint density at radius 2 is 1.73 bits per heavy atom. The largest absolute Gasteiger partial charge is 0.417 e. The third-order valence-electron chi connectivity index (χ3n) is 3.33. The Hall–Kier alpha value is -2.81. The van der Waals surface area contributed by atoms with Gasteiger partial charge in [-0.15, -0.1) is 0 Å². The zero-order valence-electron chi connectivity index (χ0n) is 12.8. The number of halogens is 5. The number of anilines is 1. The van der Waals surface area contributed by atoms with Crippen molar-refractivity contribution in [2.75, 3.05) is 5.32 Å². The molecule has 0 saturated heterocycles. The molecule has 0 unspecified atom stereocenters. The van der Waals surface area contributed by atoms with E-state index < -0.39 is 29.3 Å². The van der Waals surface area contributed by atoms with Crippen molar-refractivity contribution in [2.24, 2.45) is 0 Å². The molecule has 0 radical (unpaired) electrons. The average molecular weight is 384 g/mol. The number of rotatable bonds is 3. The Kier molecular flexibility index (Phi) is 4.73. The summed E-state index contributed by atoms with van der Waals surface area (Å²) in [5.74, 6) is -3.24. The summed E-state index contributed by atoms with van der Waals surface area (Å²) in [7, 11) is 0. The molecule has 9 heteroatoms.